The first-order valence-electron chi connectivity index (χ1n) is 6.42. The summed E-state index contributed by atoms with van der Waals surface area (Å²) in [5, 5.41) is 11.8. The quantitative estimate of drug-likeness (QED) is 0.773. The number of urea groups is 1. The summed E-state index contributed by atoms with van der Waals surface area (Å²) in [7, 11) is 1.23. The molecule has 0 atom stereocenters. The summed E-state index contributed by atoms with van der Waals surface area (Å²) >= 11 is 0. The molecule has 0 aromatic rings. The number of carbonyl (C=O) groups excluding carboxylic acids is 1. The molecule has 0 saturated heterocycles. The van der Waals surface area contributed by atoms with E-state index in [1.54, 1.807) is 0 Å². The van der Waals surface area contributed by atoms with E-state index in [1.807, 2.05) is 0 Å². The molecule has 0 unspecified atom stereocenters. The van der Waals surface area contributed by atoms with Crippen molar-refractivity contribution in [2.45, 2.75) is 50.5 Å². The van der Waals surface area contributed by atoms with E-state index in [4.69, 9.17) is 0 Å². The second-order valence-corrected chi connectivity index (χ2v) is 5.00. The summed E-state index contributed by atoms with van der Waals surface area (Å²) < 4.78 is 24.4. The van der Waals surface area contributed by atoms with Gasteiger partial charge in [0.25, 0.3) is 6.43 Å². The number of nitrogens with zero attached hydrogens (tertiary/aromatic N) is 1. The normalized spacial score (nSPS) is 18.7. The van der Waals surface area contributed by atoms with Crippen molar-refractivity contribution in [1.29, 1.82) is 0 Å². The Labute approximate surface area is 111 Å². The van der Waals surface area contributed by atoms with Crippen LogP contribution in [0, 0.1) is 0 Å². The number of rotatable bonds is 4. The molecule has 19 heavy (non-hydrogen) atoms. The first-order chi connectivity index (χ1) is 8.87. The zero-order valence-electron chi connectivity index (χ0n) is 11.0. The average Bonchev–Trinajstić information content (AvgIpc) is 2.54. The fraction of sp³-hybridized carbons (Fsp3) is 0.833. The number of hydrogen-bond donors (Lipinski definition) is 2. The number of aliphatic carboxylic acids is 1. The van der Waals surface area contributed by atoms with Crippen molar-refractivity contribution >= 4 is 12.0 Å². The average molecular weight is 278 g/mol. The lowest BCUT2D eigenvalue weighted by atomic mass is 9.90. The van der Waals surface area contributed by atoms with Gasteiger partial charge in [-0.2, -0.15) is 0 Å². The van der Waals surface area contributed by atoms with Crippen LogP contribution in [0.3, 0.4) is 0 Å². The van der Waals surface area contributed by atoms with Crippen LogP contribution in [0.2, 0.25) is 0 Å². The SMILES string of the molecule is CN(CC(F)F)C(=O)NC1(C(=O)O)CCCCCC1. The van der Waals surface area contributed by atoms with Crippen LogP contribution in [0.25, 0.3) is 0 Å². The molecule has 5 nitrogen and oxygen atoms in total. The van der Waals surface area contributed by atoms with Gasteiger partial charge >= 0.3 is 12.0 Å². The molecule has 1 aliphatic rings. The molecule has 110 valence electrons. The molecule has 1 fully saturated rings. The summed E-state index contributed by atoms with van der Waals surface area (Å²) in [5.74, 6) is -1.09. The molecule has 0 aliphatic heterocycles. The molecule has 1 aliphatic carbocycles. The monoisotopic (exact) mass is 278 g/mol. The van der Waals surface area contributed by atoms with Gasteiger partial charge in [0.2, 0.25) is 0 Å². The van der Waals surface area contributed by atoms with Crippen molar-refractivity contribution in [2.75, 3.05) is 13.6 Å². The fourth-order valence-electron chi connectivity index (χ4n) is 2.31. The van der Waals surface area contributed by atoms with Crippen molar-refractivity contribution in [3.05, 3.63) is 0 Å². The minimum Gasteiger partial charge on any atom is -0.480 e. The second-order valence-electron chi connectivity index (χ2n) is 5.00. The van der Waals surface area contributed by atoms with Crippen molar-refractivity contribution < 1.29 is 23.5 Å². The minimum absolute atomic E-state index is 0.344. The highest BCUT2D eigenvalue weighted by Gasteiger charge is 2.40. The lowest BCUT2D eigenvalue weighted by molar-refractivity contribution is -0.145. The summed E-state index contributed by atoms with van der Waals surface area (Å²) in [6.45, 7) is -0.707. The van der Waals surface area contributed by atoms with Crippen LogP contribution in [0.15, 0.2) is 0 Å². The van der Waals surface area contributed by atoms with E-state index in [0.29, 0.717) is 25.7 Å². The van der Waals surface area contributed by atoms with Gasteiger partial charge in [-0.05, 0) is 12.8 Å². The third kappa shape index (κ3) is 4.33. The molecular weight excluding hydrogens is 258 g/mol. The Morgan fingerprint density at radius 2 is 1.79 bits per heavy atom. The Kier molecular flexibility index (Phi) is 5.50. The molecule has 1 rings (SSSR count). The van der Waals surface area contributed by atoms with Crippen molar-refractivity contribution in [2.24, 2.45) is 0 Å². The van der Waals surface area contributed by atoms with Gasteiger partial charge in [-0.1, -0.05) is 25.7 Å². The molecule has 2 N–H and O–H groups in total. The van der Waals surface area contributed by atoms with Crippen molar-refractivity contribution in [3.8, 4) is 0 Å². The molecule has 0 radical (unpaired) electrons. The van der Waals surface area contributed by atoms with Gasteiger partial charge in [-0.25, -0.2) is 18.4 Å². The van der Waals surface area contributed by atoms with Gasteiger partial charge < -0.3 is 15.3 Å². The molecular formula is C12H20F2N2O3. The summed E-state index contributed by atoms with van der Waals surface area (Å²) in [4.78, 5) is 24.0. The van der Waals surface area contributed by atoms with Gasteiger partial charge in [-0.15, -0.1) is 0 Å². The van der Waals surface area contributed by atoms with Crippen LogP contribution in [-0.4, -0.2) is 47.6 Å². The molecule has 0 spiro atoms. The molecule has 7 heteroatoms. The molecule has 1 saturated carbocycles. The van der Waals surface area contributed by atoms with Crippen LogP contribution < -0.4 is 5.32 Å². The van der Waals surface area contributed by atoms with Crippen molar-refractivity contribution in [3.63, 3.8) is 0 Å². The number of carboxylic acids is 1. The molecule has 2 amide bonds. The Morgan fingerprint density at radius 1 is 1.26 bits per heavy atom. The molecule has 0 heterocycles. The Morgan fingerprint density at radius 3 is 2.21 bits per heavy atom. The lowest BCUT2D eigenvalue weighted by Crippen LogP contribution is -2.57. The predicted molar refractivity (Wildman–Crippen MR) is 65.2 cm³/mol. The standard InChI is InChI=1S/C12H20F2N2O3/c1-16(8-9(13)14)11(19)15-12(10(17)18)6-4-2-3-5-7-12/h9H,2-8H2,1H3,(H,15,19)(H,17,18). The van der Waals surface area contributed by atoms with E-state index in [0.717, 1.165) is 17.7 Å². The third-order valence-electron chi connectivity index (χ3n) is 3.47. The van der Waals surface area contributed by atoms with E-state index in [2.05, 4.69) is 5.32 Å². The second kappa shape index (κ2) is 6.68. The van der Waals surface area contributed by atoms with E-state index < -0.39 is 30.5 Å². The van der Waals surface area contributed by atoms with Gasteiger partial charge in [0.1, 0.15) is 5.54 Å². The number of nitrogens with one attached hydrogen (secondary N) is 1. The highest BCUT2D eigenvalue weighted by molar-refractivity contribution is 5.86. The molecule has 0 aromatic carbocycles. The number of carboxylic acid groups (broad SMARTS) is 1. The first-order valence-corrected chi connectivity index (χ1v) is 6.42. The Hall–Kier alpha value is -1.40. The maximum absolute atomic E-state index is 12.2. The van der Waals surface area contributed by atoms with Crippen molar-refractivity contribution in [1.82, 2.24) is 10.2 Å². The predicted octanol–water partition coefficient (Wildman–Crippen LogP) is 2.07. The van der Waals surface area contributed by atoms with Gasteiger partial charge in [0.15, 0.2) is 0 Å². The largest absolute Gasteiger partial charge is 0.480 e. The smallest absolute Gasteiger partial charge is 0.329 e. The number of alkyl halides is 2. The topological polar surface area (TPSA) is 69.6 Å². The Bertz CT molecular complexity index is 329. The van der Waals surface area contributed by atoms with Crippen LogP contribution in [0.5, 0.6) is 0 Å². The zero-order chi connectivity index (χ0) is 14.5. The Balaban J connectivity index is 2.72. The number of carbonyl (C=O) groups is 2. The summed E-state index contributed by atoms with van der Waals surface area (Å²) in [5.41, 5.74) is -1.32. The highest BCUT2D eigenvalue weighted by Crippen LogP contribution is 2.27. The van der Waals surface area contributed by atoms with Crippen LogP contribution in [0.4, 0.5) is 13.6 Å². The van der Waals surface area contributed by atoms with E-state index in [9.17, 15) is 23.5 Å². The van der Waals surface area contributed by atoms with E-state index in [-0.39, 0.29) is 0 Å². The van der Waals surface area contributed by atoms with Crippen LogP contribution >= 0.6 is 0 Å². The lowest BCUT2D eigenvalue weighted by Gasteiger charge is -2.31. The van der Waals surface area contributed by atoms with Gasteiger partial charge in [0.05, 0.1) is 6.54 Å². The first kappa shape index (κ1) is 15.7. The third-order valence-corrected chi connectivity index (χ3v) is 3.47. The molecule has 0 aromatic heterocycles. The van der Waals surface area contributed by atoms with E-state index >= 15 is 0 Å². The minimum atomic E-state index is -2.63. The number of halogens is 2. The maximum Gasteiger partial charge on any atom is 0.329 e. The zero-order valence-corrected chi connectivity index (χ0v) is 11.0. The van der Waals surface area contributed by atoms with E-state index in [1.165, 1.54) is 7.05 Å². The van der Waals surface area contributed by atoms with Gasteiger partial charge in [-0.3, -0.25) is 0 Å². The van der Waals surface area contributed by atoms with Crippen LogP contribution in [0.1, 0.15) is 38.5 Å². The van der Waals surface area contributed by atoms with Gasteiger partial charge in [0, 0.05) is 7.05 Å². The summed E-state index contributed by atoms with van der Waals surface area (Å²) in [6.07, 6.45) is 1.34. The highest BCUT2D eigenvalue weighted by atomic mass is 19.3. The molecule has 0 bridgehead atoms. The number of hydrogen-bond acceptors (Lipinski definition) is 2. The fourth-order valence-corrected chi connectivity index (χ4v) is 2.31. The van der Waals surface area contributed by atoms with Crippen LogP contribution in [-0.2, 0) is 4.79 Å². The maximum atomic E-state index is 12.2. The number of amides is 2. The summed E-state index contributed by atoms with van der Waals surface area (Å²) in [6, 6.07) is -0.760.